The molecule has 1 nitrogen and oxygen atoms in total. The Bertz CT molecular complexity index is 290. The number of hydrogen-bond donors (Lipinski definition) is 0. The molecule has 0 N–H and O–H groups in total. The van der Waals surface area contributed by atoms with Crippen LogP contribution in [-0.2, 0) is 11.2 Å². The zero-order valence-electron chi connectivity index (χ0n) is 16.8. The largest absolute Gasteiger partial charge is 0.384 e. The lowest BCUT2D eigenvalue weighted by molar-refractivity contribution is 0.167. The van der Waals surface area contributed by atoms with Gasteiger partial charge < -0.3 is 4.74 Å². The minimum Gasteiger partial charge on any atom is -0.384 e. The van der Waals surface area contributed by atoms with Crippen LogP contribution in [0.5, 0.6) is 0 Å². The molecule has 0 unspecified atom stereocenters. The van der Waals surface area contributed by atoms with Gasteiger partial charge in [0, 0.05) is 13.7 Å². The van der Waals surface area contributed by atoms with Gasteiger partial charge in [0.05, 0.1) is 0 Å². The van der Waals surface area contributed by atoms with Crippen LogP contribution >= 0.6 is 0 Å². The number of rotatable bonds is 5. The lowest BCUT2D eigenvalue weighted by Crippen LogP contribution is -1.96. The van der Waals surface area contributed by atoms with E-state index in [4.69, 9.17) is 4.74 Å². The van der Waals surface area contributed by atoms with E-state index in [1.807, 2.05) is 13.8 Å². The van der Waals surface area contributed by atoms with Crippen molar-refractivity contribution in [3.05, 3.63) is 35.4 Å². The molecule has 0 heterocycles. The monoisotopic (exact) mass is 310 g/mol. The van der Waals surface area contributed by atoms with Gasteiger partial charge in [-0.05, 0) is 24.8 Å². The van der Waals surface area contributed by atoms with E-state index in [2.05, 4.69) is 65.8 Å². The van der Waals surface area contributed by atoms with Crippen molar-refractivity contribution in [3.8, 4) is 0 Å². The van der Waals surface area contributed by atoms with Crippen molar-refractivity contribution in [2.75, 3.05) is 13.7 Å². The molecule has 0 radical (unpaired) electrons. The van der Waals surface area contributed by atoms with E-state index in [1.165, 1.54) is 30.4 Å². The number of hydrogen-bond acceptors (Lipinski definition) is 1. The maximum absolute atomic E-state index is 4.80. The van der Waals surface area contributed by atoms with Crippen LogP contribution in [0.2, 0.25) is 0 Å². The van der Waals surface area contributed by atoms with Gasteiger partial charge >= 0.3 is 0 Å². The molecule has 22 heavy (non-hydrogen) atoms. The van der Waals surface area contributed by atoms with Gasteiger partial charge in [-0.3, -0.25) is 0 Å². The van der Waals surface area contributed by atoms with Crippen molar-refractivity contribution >= 4 is 0 Å². The zero-order chi connectivity index (χ0) is 17.8. The smallest absolute Gasteiger partial charge is 0.0485 e. The highest BCUT2D eigenvalue weighted by Crippen LogP contribution is 2.03. The highest BCUT2D eigenvalue weighted by atomic mass is 16.5. The van der Waals surface area contributed by atoms with Gasteiger partial charge in [0.1, 0.15) is 0 Å². The van der Waals surface area contributed by atoms with E-state index in [0.29, 0.717) is 5.92 Å². The molecule has 0 amide bonds. The van der Waals surface area contributed by atoms with Crippen molar-refractivity contribution < 1.29 is 4.74 Å². The molecule has 0 aliphatic rings. The summed E-state index contributed by atoms with van der Waals surface area (Å²) < 4.78 is 4.80. The lowest BCUT2D eigenvalue weighted by atomic mass is 10.1. The molecule has 0 aliphatic heterocycles. The summed E-state index contributed by atoms with van der Waals surface area (Å²) in [5.74, 6) is 0.676. The number of aryl methyl sites for hydroxylation is 2. The summed E-state index contributed by atoms with van der Waals surface area (Å²) in [6.07, 6.45) is 5.22. The molecule has 0 fully saturated rings. The van der Waals surface area contributed by atoms with E-state index in [9.17, 15) is 0 Å². The number of unbranched alkanes of at least 4 members (excludes halogenated alkanes) is 2. The van der Waals surface area contributed by atoms with Gasteiger partial charge in [0.2, 0.25) is 0 Å². The van der Waals surface area contributed by atoms with Gasteiger partial charge in [-0.2, -0.15) is 0 Å². The van der Waals surface area contributed by atoms with Crippen LogP contribution in [0.1, 0.15) is 78.9 Å². The van der Waals surface area contributed by atoms with E-state index < -0.39 is 0 Å². The maximum atomic E-state index is 4.80. The summed E-state index contributed by atoms with van der Waals surface area (Å²) in [4.78, 5) is 0. The van der Waals surface area contributed by atoms with E-state index in [1.54, 1.807) is 7.11 Å². The molecule has 1 heteroatoms. The van der Waals surface area contributed by atoms with Gasteiger partial charge in [-0.25, -0.2) is 0 Å². The average molecular weight is 311 g/mol. The van der Waals surface area contributed by atoms with Gasteiger partial charge in [0.25, 0.3) is 0 Å². The fraction of sp³-hybridized carbons (Fsp3) is 0.714. The quantitative estimate of drug-likeness (QED) is 0.565. The summed E-state index contributed by atoms with van der Waals surface area (Å²) in [5, 5.41) is 0. The van der Waals surface area contributed by atoms with Gasteiger partial charge in [-0.1, -0.05) is 97.6 Å². The first-order valence-corrected chi connectivity index (χ1v) is 9.06. The Morgan fingerprint density at radius 1 is 1.00 bits per heavy atom. The average Bonchev–Trinajstić information content (AvgIpc) is 2.51. The van der Waals surface area contributed by atoms with E-state index in [0.717, 1.165) is 13.0 Å². The highest BCUT2D eigenvalue weighted by Gasteiger charge is 1.86. The molecule has 1 aromatic carbocycles. The molecule has 0 spiro atoms. The summed E-state index contributed by atoms with van der Waals surface area (Å²) in [6, 6.07) is 8.61. The first-order valence-electron chi connectivity index (χ1n) is 9.06. The minimum absolute atomic E-state index is 0.676. The lowest BCUT2D eigenvalue weighted by Gasteiger charge is -1.97. The third-order valence-electron chi connectivity index (χ3n) is 2.70. The summed E-state index contributed by atoms with van der Waals surface area (Å²) >= 11 is 0. The van der Waals surface area contributed by atoms with Crippen molar-refractivity contribution in [2.24, 2.45) is 5.92 Å². The Morgan fingerprint density at radius 2 is 1.55 bits per heavy atom. The molecule has 0 atom stereocenters. The molecule has 1 aromatic rings. The van der Waals surface area contributed by atoms with E-state index >= 15 is 0 Å². The normalized spacial score (nSPS) is 8.82. The van der Waals surface area contributed by atoms with Crippen LogP contribution in [0.3, 0.4) is 0 Å². The predicted molar refractivity (Wildman–Crippen MR) is 104 cm³/mol. The molecule has 1 rings (SSSR count). The molecule has 0 saturated carbocycles. The summed E-state index contributed by atoms with van der Waals surface area (Å²) in [6.45, 7) is 17.9. The molecular formula is C21H42O. The van der Waals surface area contributed by atoms with Crippen molar-refractivity contribution in [3.63, 3.8) is 0 Å². The molecule has 0 aromatic heterocycles. The topological polar surface area (TPSA) is 9.23 Å². The first-order chi connectivity index (χ1) is 10.5. The Kier molecular flexibility index (Phi) is 26.6. The molecule has 0 bridgehead atoms. The summed E-state index contributed by atoms with van der Waals surface area (Å²) in [5.41, 5.74) is 2.78. The zero-order valence-corrected chi connectivity index (χ0v) is 16.8. The molecule has 0 saturated heterocycles. The summed E-state index contributed by atoms with van der Waals surface area (Å²) in [7, 11) is 1.72. The maximum Gasteiger partial charge on any atom is 0.0485 e. The van der Waals surface area contributed by atoms with Crippen LogP contribution in [0, 0.1) is 12.8 Å². The first kappa shape index (κ1) is 26.1. The Hall–Kier alpha value is -0.820. The van der Waals surface area contributed by atoms with Gasteiger partial charge in [0.15, 0.2) is 0 Å². The highest BCUT2D eigenvalue weighted by molar-refractivity contribution is 5.21. The van der Waals surface area contributed by atoms with Crippen molar-refractivity contribution in [2.45, 2.75) is 81.1 Å². The van der Waals surface area contributed by atoms with Gasteiger partial charge in [-0.15, -0.1) is 0 Å². The molecule has 0 aliphatic carbocycles. The Morgan fingerprint density at radius 3 is 1.73 bits per heavy atom. The van der Waals surface area contributed by atoms with Crippen molar-refractivity contribution in [1.29, 1.82) is 0 Å². The van der Waals surface area contributed by atoms with Crippen LogP contribution in [0.25, 0.3) is 0 Å². The van der Waals surface area contributed by atoms with Crippen molar-refractivity contribution in [1.82, 2.24) is 0 Å². The Balaban J connectivity index is -0.000000245. The van der Waals surface area contributed by atoms with E-state index in [-0.39, 0.29) is 0 Å². The van der Waals surface area contributed by atoms with Crippen LogP contribution < -0.4 is 0 Å². The van der Waals surface area contributed by atoms with Crippen LogP contribution in [0.4, 0.5) is 0 Å². The fourth-order valence-corrected chi connectivity index (χ4v) is 1.62. The number of ether oxygens (including phenoxy) is 1. The molecule has 132 valence electrons. The Labute approximate surface area is 141 Å². The standard InChI is InChI=1S/C9H12.C5H12O.C5H12.C2H6/c1-3-9-6-4-5-8(2)7-9;1-5(2)4-6-3;1-3-5-4-2;1-2/h4-7H,3H2,1-2H3;5H,4H2,1-3H3;3-5H2,1-2H3;1-2H3. The third-order valence-corrected chi connectivity index (χ3v) is 2.70. The second kappa shape index (κ2) is 22.5. The minimum atomic E-state index is 0.676. The number of benzene rings is 1. The second-order valence-electron chi connectivity index (χ2n) is 5.55. The number of methoxy groups -OCH3 is 1. The van der Waals surface area contributed by atoms with Crippen LogP contribution in [-0.4, -0.2) is 13.7 Å². The fourth-order valence-electron chi connectivity index (χ4n) is 1.62. The third kappa shape index (κ3) is 24.2. The van der Waals surface area contributed by atoms with Crippen LogP contribution in [0.15, 0.2) is 24.3 Å². The molecular weight excluding hydrogens is 268 g/mol. The second-order valence-corrected chi connectivity index (χ2v) is 5.55. The predicted octanol–water partition coefficient (Wildman–Crippen LogP) is 7.07. The SMILES string of the molecule is CC.CCCCC.CCc1cccc(C)c1.COCC(C)C.